The van der Waals surface area contributed by atoms with Gasteiger partial charge in [0.25, 0.3) is 11.8 Å². The fourth-order valence-electron chi connectivity index (χ4n) is 2.72. The Bertz CT molecular complexity index is 1190. The highest BCUT2D eigenvalue weighted by molar-refractivity contribution is 9.11. The molecule has 2 N–H and O–H groups in total. The van der Waals surface area contributed by atoms with Crippen molar-refractivity contribution in [2.24, 2.45) is 0 Å². The molecule has 0 aliphatic carbocycles. The number of hydrogen-bond acceptors (Lipinski definition) is 4. The number of amides is 2. The second kappa shape index (κ2) is 11.3. The first-order valence-electron chi connectivity index (χ1n) is 9.41. The van der Waals surface area contributed by atoms with Gasteiger partial charge in [-0.15, -0.1) is 0 Å². The molecule has 6 nitrogen and oxygen atoms in total. The number of ether oxygens (including phenoxy) is 1. The van der Waals surface area contributed by atoms with E-state index >= 15 is 0 Å². The molecule has 0 unspecified atom stereocenters. The molecule has 0 saturated heterocycles. The zero-order chi connectivity index (χ0) is 22.9. The molecular weight excluding hydrogens is 538 g/mol. The van der Waals surface area contributed by atoms with Crippen LogP contribution in [-0.2, 0) is 9.59 Å². The molecule has 0 aliphatic rings. The number of benzene rings is 3. The van der Waals surface area contributed by atoms with Crippen molar-refractivity contribution in [1.29, 1.82) is 5.26 Å². The first-order chi connectivity index (χ1) is 15.5. The molecule has 2 amide bonds. The van der Waals surface area contributed by atoms with Crippen molar-refractivity contribution in [1.82, 2.24) is 0 Å². The van der Waals surface area contributed by atoms with E-state index in [1.807, 2.05) is 30.3 Å². The van der Waals surface area contributed by atoms with Crippen LogP contribution in [0, 0.1) is 11.3 Å². The largest absolute Gasteiger partial charge is 0.482 e. The van der Waals surface area contributed by atoms with Gasteiger partial charge in [0.15, 0.2) is 6.61 Å². The van der Waals surface area contributed by atoms with Gasteiger partial charge in [-0.25, -0.2) is 0 Å². The summed E-state index contributed by atoms with van der Waals surface area (Å²) in [5.74, 6) is -0.567. The summed E-state index contributed by atoms with van der Waals surface area (Å²) in [5.41, 5.74) is 1.57. The third kappa shape index (κ3) is 6.54. The number of nitriles is 1. The van der Waals surface area contributed by atoms with Crippen LogP contribution in [-0.4, -0.2) is 18.4 Å². The van der Waals surface area contributed by atoms with Gasteiger partial charge in [0.05, 0.1) is 4.47 Å². The normalized spacial score (nSPS) is 10.7. The monoisotopic (exact) mass is 553 g/mol. The van der Waals surface area contributed by atoms with Crippen molar-refractivity contribution in [3.63, 3.8) is 0 Å². The predicted octanol–water partition coefficient (Wildman–Crippen LogP) is 5.77. The molecule has 8 heteroatoms. The lowest BCUT2D eigenvalue weighted by atomic mass is 10.1. The number of halogens is 2. The second-order valence-electron chi connectivity index (χ2n) is 6.50. The van der Waals surface area contributed by atoms with Crippen molar-refractivity contribution < 1.29 is 14.3 Å². The first-order valence-corrected chi connectivity index (χ1v) is 11.0. The predicted molar refractivity (Wildman–Crippen MR) is 131 cm³/mol. The van der Waals surface area contributed by atoms with Crippen LogP contribution in [0.5, 0.6) is 5.75 Å². The first kappa shape index (κ1) is 23.3. The molecule has 0 fully saturated rings. The van der Waals surface area contributed by atoms with Crippen molar-refractivity contribution in [3.05, 3.63) is 92.9 Å². The number of para-hydroxylation sites is 2. The standard InChI is InChI=1S/C24H17Br2N3O3/c25-18-12-16(11-17(14-27)24(31)29-20-9-5-2-6-10-20)23(21(26)13-18)32-15-22(30)28-19-7-3-1-4-8-19/h1-13H,15H2,(H,28,30)(H,29,31)/b17-11+. The fourth-order valence-corrected chi connectivity index (χ4v) is 4.09. The van der Waals surface area contributed by atoms with E-state index in [1.165, 1.54) is 6.08 Å². The van der Waals surface area contributed by atoms with Crippen molar-refractivity contribution in [3.8, 4) is 11.8 Å². The summed E-state index contributed by atoms with van der Waals surface area (Å²) in [6.07, 6.45) is 1.41. The number of carbonyl (C=O) groups is 2. The smallest absolute Gasteiger partial charge is 0.266 e. The highest BCUT2D eigenvalue weighted by Gasteiger charge is 2.15. The average molecular weight is 555 g/mol. The topological polar surface area (TPSA) is 91.2 Å². The molecule has 0 heterocycles. The molecule has 0 aliphatic heterocycles. The lowest BCUT2D eigenvalue weighted by Gasteiger charge is -2.13. The van der Waals surface area contributed by atoms with E-state index in [-0.39, 0.29) is 18.1 Å². The third-order valence-electron chi connectivity index (χ3n) is 4.14. The van der Waals surface area contributed by atoms with Crippen molar-refractivity contribution >= 4 is 61.1 Å². The molecule has 160 valence electrons. The van der Waals surface area contributed by atoms with Crippen LogP contribution in [0.3, 0.4) is 0 Å². The van der Waals surface area contributed by atoms with Gasteiger partial charge in [-0.05, 0) is 58.4 Å². The van der Waals surface area contributed by atoms with E-state index in [0.717, 1.165) is 0 Å². The minimum atomic E-state index is -0.553. The van der Waals surface area contributed by atoms with E-state index in [2.05, 4.69) is 42.5 Å². The maximum atomic E-state index is 12.6. The van der Waals surface area contributed by atoms with Gasteiger partial charge in [0.2, 0.25) is 0 Å². The molecule has 0 saturated carbocycles. The van der Waals surface area contributed by atoms with E-state index in [4.69, 9.17) is 4.74 Å². The van der Waals surface area contributed by atoms with Crippen molar-refractivity contribution in [2.45, 2.75) is 0 Å². The summed E-state index contributed by atoms with van der Waals surface area (Å²) in [6.45, 7) is -0.256. The molecule has 3 rings (SSSR count). The highest BCUT2D eigenvalue weighted by Crippen LogP contribution is 2.34. The Hall–Kier alpha value is -3.41. The summed E-state index contributed by atoms with van der Waals surface area (Å²) in [5, 5.41) is 15.0. The Morgan fingerprint density at radius 3 is 2.12 bits per heavy atom. The minimum Gasteiger partial charge on any atom is -0.482 e. The maximum Gasteiger partial charge on any atom is 0.266 e. The summed E-state index contributed by atoms with van der Waals surface area (Å²) in [6, 6.07) is 23.2. The zero-order valence-corrected chi connectivity index (χ0v) is 19.8. The Kier molecular flexibility index (Phi) is 8.20. The van der Waals surface area contributed by atoms with Crippen LogP contribution in [0.4, 0.5) is 11.4 Å². The van der Waals surface area contributed by atoms with E-state index < -0.39 is 5.91 Å². The minimum absolute atomic E-state index is 0.113. The Morgan fingerprint density at radius 1 is 0.938 bits per heavy atom. The van der Waals surface area contributed by atoms with Gasteiger partial charge in [0.1, 0.15) is 17.4 Å². The quantitative estimate of drug-likeness (QED) is 0.286. The molecule has 3 aromatic carbocycles. The Morgan fingerprint density at radius 2 is 1.53 bits per heavy atom. The molecule has 0 aromatic heterocycles. The number of carbonyl (C=O) groups excluding carboxylic acids is 2. The van der Waals surface area contributed by atoms with Crippen LogP contribution >= 0.6 is 31.9 Å². The van der Waals surface area contributed by atoms with Crippen LogP contribution in [0.2, 0.25) is 0 Å². The van der Waals surface area contributed by atoms with Gasteiger partial charge in [-0.3, -0.25) is 9.59 Å². The van der Waals surface area contributed by atoms with E-state index in [9.17, 15) is 14.9 Å². The maximum absolute atomic E-state index is 12.6. The lowest BCUT2D eigenvalue weighted by Crippen LogP contribution is -2.20. The SMILES string of the molecule is N#C/C(=C\c1cc(Br)cc(Br)c1OCC(=O)Nc1ccccc1)C(=O)Nc1ccccc1. The van der Waals surface area contributed by atoms with Crippen LogP contribution in [0.25, 0.3) is 6.08 Å². The molecule has 0 bridgehead atoms. The van der Waals surface area contributed by atoms with Gasteiger partial charge < -0.3 is 15.4 Å². The molecule has 3 aromatic rings. The number of anilines is 2. The lowest BCUT2D eigenvalue weighted by molar-refractivity contribution is -0.118. The van der Waals surface area contributed by atoms with E-state index in [1.54, 1.807) is 48.5 Å². The second-order valence-corrected chi connectivity index (χ2v) is 8.27. The van der Waals surface area contributed by atoms with Crippen molar-refractivity contribution in [2.75, 3.05) is 17.2 Å². The van der Waals surface area contributed by atoms with Crippen LogP contribution in [0.15, 0.2) is 87.3 Å². The van der Waals surface area contributed by atoms with Crippen LogP contribution < -0.4 is 15.4 Å². The summed E-state index contributed by atoms with van der Waals surface area (Å²) >= 11 is 6.81. The zero-order valence-electron chi connectivity index (χ0n) is 16.6. The van der Waals surface area contributed by atoms with E-state index in [0.29, 0.717) is 31.6 Å². The average Bonchev–Trinajstić information content (AvgIpc) is 2.78. The Labute approximate surface area is 202 Å². The number of nitrogens with zero attached hydrogens (tertiary/aromatic N) is 1. The van der Waals surface area contributed by atoms with Gasteiger partial charge in [-0.1, -0.05) is 52.3 Å². The summed E-state index contributed by atoms with van der Waals surface area (Å²) in [4.78, 5) is 24.8. The van der Waals surface area contributed by atoms with Gasteiger partial charge >= 0.3 is 0 Å². The highest BCUT2D eigenvalue weighted by atomic mass is 79.9. The number of hydrogen-bond donors (Lipinski definition) is 2. The summed E-state index contributed by atoms with van der Waals surface area (Å²) < 4.78 is 7.00. The van der Waals surface area contributed by atoms with Crippen LogP contribution in [0.1, 0.15) is 5.56 Å². The number of rotatable bonds is 7. The molecular formula is C24H17Br2N3O3. The molecule has 0 spiro atoms. The molecule has 0 atom stereocenters. The van der Waals surface area contributed by atoms with Gasteiger partial charge in [0, 0.05) is 21.4 Å². The Balaban J connectivity index is 1.80. The third-order valence-corrected chi connectivity index (χ3v) is 5.19. The molecule has 32 heavy (non-hydrogen) atoms. The van der Waals surface area contributed by atoms with Gasteiger partial charge in [-0.2, -0.15) is 5.26 Å². The fraction of sp³-hybridized carbons (Fsp3) is 0.0417. The summed E-state index contributed by atoms with van der Waals surface area (Å²) in [7, 11) is 0. The molecule has 0 radical (unpaired) electrons. The number of nitrogens with one attached hydrogen (secondary N) is 2.